The molecule has 0 saturated carbocycles. The van der Waals surface area contributed by atoms with Crippen molar-refractivity contribution < 1.29 is 23.0 Å². The Labute approximate surface area is 221 Å². The van der Waals surface area contributed by atoms with Gasteiger partial charge in [-0.2, -0.15) is 28.8 Å². The lowest BCUT2D eigenvalue weighted by atomic mass is 10.0. The average Bonchev–Trinajstić information content (AvgIpc) is 3.35. The third-order valence-corrected chi connectivity index (χ3v) is 6.30. The number of halogens is 3. The number of alkyl halides is 3. The van der Waals surface area contributed by atoms with Gasteiger partial charge in [0.05, 0.1) is 30.1 Å². The largest absolute Gasteiger partial charge is 0.468 e. The second kappa shape index (κ2) is 11.4. The molecule has 39 heavy (non-hydrogen) atoms. The molecule has 1 saturated heterocycles. The smallest absolute Gasteiger partial charge is 0.417 e. The predicted octanol–water partition coefficient (Wildman–Crippen LogP) is 2.80. The number of ether oxygens (including phenoxy) is 1. The van der Waals surface area contributed by atoms with Crippen LogP contribution in [0.3, 0.4) is 0 Å². The first-order valence-corrected chi connectivity index (χ1v) is 11.9. The number of imidazole rings is 1. The Morgan fingerprint density at radius 2 is 1.97 bits per heavy atom. The van der Waals surface area contributed by atoms with E-state index in [1.807, 2.05) is 6.07 Å². The molecule has 0 radical (unpaired) electrons. The van der Waals surface area contributed by atoms with E-state index in [2.05, 4.69) is 21.3 Å². The highest BCUT2D eigenvalue weighted by Gasteiger charge is 2.32. The van der Waals surface area contributed by atoms with E-state index < -0.39 is 24.5 Å². The molecule has 202 valence electrons. The number of nitrogens with two attached hydrogens (primary N) is 1. The van der Waals surface area contributed by atoms with E-state index in [0.717, 1.165) is 12.3 Å². The lowest BCUT2D eigenvalue weighted by molar-refractivity contribution is -0.137. The highest BCUT2D eigenvalue weighted by atomic mass is 19.4. The standard InChI is InChI=1S/C25H24F3N9O2/c1-15(34-19-2-4-36(14-30)5-3-19)24(35-31)16-7-22-33-12-20(9-29)37(22)23(8-16)39-21(13-38)17-6-18(11-32-10-17)25(26,27)28/h6-8,10-12,19,21,38H,2-5,13,31H2,1H3/b34-15?,35-24+. The van der Waals surface area contributed by atoms with Crippen molar-refractivity contribution >= 4 is 17.1 Å². The van der Waals surface area contributed by atoms with Crippen LogP contribution in [0.5, 0.6) is 5.88 Å². The van der Waals surface area contributed by atoms with Crippen LogP contribution in [0.1, 0.15) is 48.3 Å². The number of aromatic nitrogens is 3. The van der Waals surface area contributed by atoms with Gasteiger partial charge in [-0.25, -0.2) is 4.98 Å². The highest BCUT2D eigenvalue weighted by molar-refractivity contribution is 6.47. The zero-order valence-electron chi connectivity index (χ0n) is 20.8. The maximum atomic E-state index is 13.2. The van der Waals surface area contributed by atoms with Gasteiger partial charge in [0.2, 0.25) is 5.88 Å². The Morgan fingerprint density at radius 3 is 2.59 bits per heavy atom. The monoisotopic (exact) mass is 539 g/mol. The molecule has 4 rings (SSSR count). The van der Waals surface area contributed by atoms with Gasteiger partial charge >= 0.3 is 6.18 Å². The van der Waals surface area contributed by atoms with Crippen molar-refractivity contribution in [2.75, 3.05) is 19.7 Å². The number of rotatable bonds is 7. The number of hydrogen-bond donors (Lipinski definition) is 2. The molecule has 1 aliphatic rings. The first kappa shape index (κ1) is 27.3. The van der Waals surface area contributed by atoms with Crippen molar-refractivity contribution in [2.24, 2.45) is 15.9 Å². The van der Waals surface area contributed by atoms with Crippen molar-refractivity contribution in [3.8, 4) is 18.1 Å². The molecule has 1 aliphatic heterocycles. The maximum Gasteiger partial charge on any atom is 0.417 e. The van der Waals surface area contributed by atoms with E-state index >= 15 is 0 Å². The molecule has 3 aromatic rings. The van der Waals surface area contributed by atoms with E-state index in [1.165, 1.54) is 16.7 Å². The molecule has 0 spiro atoms. The Hall–Kier alpha value is -4.69. The molecule has 1 atom stereocenters. The van der Waals surface area contributed by atoms with Crippen LogP contribution in [-0.2, 0) is 6.18 Å². The van der Waals surface area contributed by atoms with Crippen LogP contribution in [0, 0.1) is 22.8 Å². The Balaban J connectivity index is 1.72. The number of aliphatic hydroxyl groups excluding tert-OH is 1. The van der Waals surface area contributed by atoms with E-state index in [0.29, 0.717) is 49.1 Å². The van der Waals surface area contributed by atoms with E-state index in [-0.39, 0.29) is 28.8 Å². The summed E-state index contributed by atoms with van der Waals surface area (Å²) in [4.78, 5) is 14.3. The van der Waals surface area contributed by atoms with Crippen molar-refractivity contribution in [1.82, 2.24) is 19.3 Å². The number of nitrogens with zero attached hydrogens (tertiary/aromatic N) is 8. The number of piperidine rings is 1. The minimum absolute atomic E-state index is 0.0151. The minimum Gasteiger partial charge on any atom is -0.468 e. The number of hydrazone groups is 1. The molecule has 3 N–H and O–H groups in total. The van der Waals surface area contributed by atoms with Gasteiger partial charge < -0.3 is 20.6 Å². The molecule has 0 aromatic carbocycles. The summed E-state index contributed by atoms with van der Waals surface area (Å²) in [5, 5.41) is 32.6. The molecule has 1 unspecified atom stereocenters. The van der Waals surface area contributed by atoms with Gasteiger partial charge in [-0.1, -0.05) is 0 Å². The summed E-state index contributed by atoms with van der Waals surface area (Å²) < 4.78 is 47.1. The number of nitriles is 2. The fourth-order valence-electron chi connectivity index (χ4n) is 4.33. The zero-order chi connectivity index (χ0) is 28.2. The van der Waals surface area contributed by atoms with Gasteiger partial charge in [-0.05, 0) is 31.9 Å². The molecule has 3 aromatic heterocycles. The fourth-order valence-corrected chi connectivity index (χ4v) is 4.33. The van der Waals surface area contributed by atoms with Crippen molar-refractivity contribution in [3.63, 3.8) is 0 Å². The fraction of sp³-hybridized carbons (Fsp3) is 0.360. The summed E-state index contributed by atoms with van der Waals surface area (Å²) in [6, 6.07) is 5.92. The topological polar surface area (TPSA) is 161 Å². The van der Waals surface area contributed by atoms with Gasteiger partial charge in [0, 0.05) is 42.7 Å². The number of likely N-dealkylation sites (tertiary alicyclic amines) is 1. The van der Waals surface area contributed by atoms with Crippen LogP contribution >= 0.6 is 0 Å². The summed E-state index contributed by atoms with van der Waals surface area (Å²) in [6.45, 7) is 2.25. The first-order chi connectivity index (χ1) is 18.7. The van der Waals surface area contributed by atoms with Crippen molar-refractivity contribution in [3.05, 3.63) is 59.2 Å². The number of hydrogen-bond acceptors (Lipinski definition) is 10. The maximum absolute atomic E-state index is 13.2. The van der Waals surface area contributed by atoms with Gasteiger partial charge in [0.15, 0.2) is 6.19 Å². The van der Waals surface area contributed by atoms with Crippen molar-refractivity contribution in [2.45, 2.75) is 38.1 Å². The van der Waals surface area contributed by atoms with E-state index in [9.17, 15) is 23.5 Å². The Morgan fingerprint density at radius 1 is 1.23 bits per heavy atom. The molecular formula is C25H24F3N9O2. The number of pyridine rings is 2. The molecule has 11 nitrogen and oxygen atoms in total. The Bertz CT molecular complexity index is 1490. The number of aliphatic imine (C=N–C) groups is 1. The van der Waals surface area contributed by atoms with E-state index in [1.54, 1.807) is 17.9 Å². The third-order valence-electron chi connectivity index (χ3n) is 6.30. The quantitative estimate of drug-likeness (QED) is 0.201. The van der Waals surface area contributed by atoms with Gasteiger partial charge in [-0.3, -0.25) is 14.4 Å². The first-order valence-electron chi connectivity index (χ1n) is 11.9. The third kappa shape index (κ3) is 5.91. The molecule has 0 bridgehead atoms. The van der Waals surface area contributed by atoms with Gasteiger partial charge in [0.25, 0.3) is 0 Å². The zero-order valence-corrected chi connectivity index (χ0v) is 20.8. The van der Waals surface area contributed by atoms with Gasteiger partial charge in [-0.15, -0.1) is 0 Å². The van der Waals surface area contributed by atoms with Crippen LogP contribution in [-0.4, -0.2) is 61.5 Å². The van der Waals surface area contributed by atoms with Gasteiger partial charge in [0.1, 0.15) is 29.2 Å². The second-order valence-electron chi connectivity index (χ2n) is 8.84. The van der Waals surface area contributed by atoms with Crippen LogP contribution in [0.4, 0.5) is 13.2 Å². The molecule has 1 fully saturated rings. The molecule has 0 amide bonds. The van der Waals surface area contributed by atoms with E-state index in [4.69, 9.17) is 20.8 Å². The lowest BCUT2D eigenvalue weighted by Crippen LogP contribution is -2.32. The molecule has 4 heterocycles. The SMILES string of the molecule is CC(=NC1CCN(C#N)CC1)/C(=N\N)c1cc(OC(CO)c2cncc(C(F)(F)F)c2)n2c(C#N)cnc2c1. The molecular weight excluding hydrogens is 515 g/mol. The summed E-state index contributed by atoms with van der Waals surface area (Å²) >= 11 is 0. The summed E-state index contributed by atoms with van der Waals surface area (Å²) in [7, 11) is 0. The number of fused-ring (bicyclic) bond motifs is 1. The average molecular weight is 540 g/mol. The normalized spacial score (nSPS) is 16.1. The highest BCUT2D eigenvalue weighted by Crippen LogP contribution is 2.32. The minimum atomic E-state index is -4.64. The molecule has 0 aliphatic carbocycles. The van der Waals surface area contributed by atoms with Crippen LogP contribution in [0.25, 0.3) is 5.65 Å². The summed E-state index contributed by atoms with van der Waals surface area (Å²) in [5.41, 5.74) is 0.652. The number of aliphatic hydroxyl groups is 1. The summed E-state index contributed by atoms with van der Waals surface area (Å²) in [6.07, 6.45) is 0.774. The van der Waals surface area contributed by atoms with Crippen LogP contribution in [0.15, 0.2) is 46.9 Å². The summed E-state index contributed by atoms with van der Waals surface area (Å²) in [5.74, 6) is 5.75. The predicted molar refractivity (Wildman–Crippen MR) is 134 cm³/mol. The van der Waals surface area contributed by atoms with Crippen LogP contribution < -0.4 is 10.6 Å². The van der Waals surface area contributed by atoms with Crippen molar-refractivity contribution in [1.29, 1.82) is 10.5 Å². The Kier molecular flexibility index (Phi) is 7.97. The van der Waals surface area contributed by atoms with Crippen LogP contribution in [0.2, 0.25) is 0 Å². The lowest BCUT2D eigenvalue weighted by Gasteiger charge is -2.26. The second-order valence-corrected chi connectivity index (χ2v) is 8.84. The molecule has 14 heteroatoms.